The molecule has 2 aromatic rings. The summed E-state index contributed by atoms with van der Waals surface area (Å²) >= 11 is 6.54. The molecular weight excluding hydrogens is 334 g/mol. The van der Waals surface area contributed by atoms with Gasteiger partial charge in [0.15, 0.2) is 5.11 Å². The molecule has 0 aliphatic heterocycles. The molecule has 0 saturated heterocycles. The first-order chi connectivity index (χ1) is 11.0. The van der Waals surface area contributed by atoms with E-state index in [-0.39, 0.29) is 16.7 Å². The highest BCUT2D eigenvalue weighted by Crippen LogP contribution is 2.22. The van der Waals surface area contributed by atoms with Gasteiger partial charge < -0.3 is 5.32 Å². The van der Waals surface area contributed by atoms with Crippen molar-refractivity contribution in [1.82, 2.24) is 5.32 Å². The molecule has 1 amide bonds. The SMILES string of the molecule is Cc1ccc(NC(=S)NC(=O)/C=C/c2cccs2)cc1[N+](=O)[O-]. The van der Waals surface area contributed by atoms with Gasteiger partial charge in [-0.3, -0.25) is 20.2 Å². The van der Waals surface area contributed by atoms with Crippen LogP contribution in [-0.2, 0) is 4.79 Å². The zero-order valence-corrected chi connectivity index (χ0v) is 13.7. The Hall–Kier alpha value is -2.58. The monoisotopic (exact) mass is 347 g/mol. The van der Waals surface area contributed by atoms with Crippen molar-refractivity contribution in [3.8, 4) is 0 Å². The Morgan fingerprint density at radius 3 is 2.83 bits per heavy atom. The number of thiocarbonyl (C=S) groups is 1. The minimum atomic E-state index is -0.466. The van der Waals surface area contributed by atoms with Crippen molar-refractivity contribution in [2.75, 3.05) is 5.32 Å². The van der Waals surface area contributed by atoms with Crippen LogP contribution in [0.2, 0.25) is 0 Å². The number of carbonyl (C=O) groups is 1. The molecule has 0 saturated carbocycles. The van der Waals surface area contributed by atoms with E-state index < -0.39 is 4.92 Å². The van der Waals surface area contributed by atoms with Gasteiger partial charge in [-0.15, -0.1) is 11.3 Å². The van der Waals surface area contributed by atoms with Crippen molar-refractivity contribution in [3.05, 3.63) is 62.3 Å². The lowest BCUT2D eigenvalue weighted by atomic mass is 10.2. The maximum absolute atomic E-state index is 11.7. The molecule has 6 nitrogen and oxygen atoms in total. The van der Waals surface area contributed by atoms with Gasteiger partial charge in [-0.25, -0.2) is 0 Å². The standard InChI is InChI=1S/C15H13N3O3S2/c1-10-4-5-11(9-13(10)18(20)21)16-15(22)17-14(19)7-6-12-3-2-8-23-12/h2-9H,1H3,(H2,16,17,19,22)/b7-6+. The number of nitro benzene ring substituents is 1. The van der Waals surface area contributed by atoms with Crippen LogP contribution in [0.15, 0.2) is 41.8 Å². The van der Waals surface area contributed by atoms with E-state index >= 15 is 0 Å². The minimum Gasteiger partial charge on any atom is -0.332 e. The minimum absolute atomic E-state index is 0.0123. The Morgan fingerprint density at radius 1 is 1.39 bits per heavy atom. The van der Waals surface area contributed by atoms with E-state index in [9.17, 15) is 14.9 Å². The largest absolute Gasteiger partial charge is 0.332 e. The third-order valence-electron chi connectivity index (χ3n) is 2.84. The number of nitrogens with zero attached hydrogens (tertiary/aromatic N) is 1. The van der Waals surface area contributed by atoms with Gasteiger partial charge in [0.2, 0.25) is 5.91 Å². The quantitative estimate of drug-likeness (QED) is 0.383. The van der Waals surface area contributed by atoms with Crippen LogP contribution in [0.25, 0.3) is 6.08 Å². The molecule has 1 aromatic heterocycles. The molecular formula is C15H13N3O3S2. The number of rotatable bonds is 4. The lowest BCUT2D eigenvalue weighted by Gasteiger charge is -2.08. The van der Waals surface area contributed by atoms with Crippen LogP contribution in [0.5, 0.6) is 0 Å². The van der Waals surface area contributed by atoms with Gasteiger partial charge in [0, 0.05) is 28.3 Å². The molecule has 1 aromatic carbocycles. The zero-order valence-electron chi connectivity index (χ0n) is 12.1. The highest BCUT2D eigenvalue weighted by Gasteiger charge is 2.11. The van der Waals surface area contributed by atoms with E-state index in [0.717, 1.165) is 4.88 Å². The van der Waals surface area contributed by atoms with Crippen LogP contribution < -0.4 is 10.6 Å². The van der Waals surface area contributed by atoms with E-state index in [2.05, 4.69) is 10.6 Å². The van der Waals surface area contributed by atoms with Crippen molar-refractivity contribution in [2.24, 2.45) is 0 Å². The van der Waals surface area contributed by atoms with E-state index in [1.165, 1.54) is 23.5 Å². The van der Waals surface area contributed by atoms with Gasteiger partial charge in [0.1, 0.15) is 0 Å². The van der Waals surface area contributed by atoms with Crippen molar-refractivity contribution in [1.29, 1.82) is 0 Å². The normalized spacial score (nSPS) is 10.5. The van der Waals surface area contributed by atoms with Gasteiger partial charge in [-0.1, -0.05) is 12.1 Å². The average Bonchev–Trinajstić information content (AvgIpc) is 3.00. The molecule has 2 rings (SSSR count). The molecule has 0 atom stereocenters. The smallest absolute Gasteiger partial charge is 0.274 e. The highest BCUT2D eigenvalue weighted by molar-refractivity contribution is 7.80. The molecule has 0 bridgehead atoms. The average molecular weight is 347 g/mol. The summed E-state index contributed by atoms with van der Waals surface area (Å²) in [6, 6.07) is 8.41. The van der Waals surface area contributed by atoms with E-state index in [1.54, 1.807) is 25.1 Å². The summed E-state index contributed by atoms with van der Waals surface area (Å²) < 4.78 is 0. The van der Waals surface area contributed by atoms with Crippen LogP contribution in [0.3, 0.4) is 0 Å². The first-order valence-corrected chi connectivity index (χ1v) is 7.83. The summed E-state index contributed by atoms with van der Waals surface area (Å²) in [5, 5.41) is 18.1. The second kappa shape index (κ2) is 7.61. The number of carbonyl (C=O) groups excluding carboxylic acids is 1. The Bertz CT molecular complexity index is 770. The fourth-order valence-corrected chi connectivity index (χ4v) is 2.58. The first-order valence-electron chi connectivity index (χ1n) is 6.54. The van der Waals surface area contributed by atoms with Crippen LogP contribution in [0.4, 0.5) is 11.4 Å². The molecule has 0 spiro atoms. The predicted octanol–water partition coefficient (Wildman–Crippen LogP) is 3.49. The summed E-state index contributed by atoms with van der Waals surface area (Å²) in [4.78, 5) is 23.1. The Morgan fingerprint density at radius 2 is 2.17 bits per heavy atom. The molecule has 0 fully saturated rings. The van der Waals surface area contributed by atoms with Gasteiger partial charge in [-0.2, -0.15) is 0 Å². The maximum Gasteiger partial charge on any atom is 0.274 e. The summed E-state index contributed by atoms with van der Waals surface area (Å²) in [6.07, 6.45) is 3.05. The Labute approximate surface area is 142 Å². The van der Waals surface area contributed by atoms with Crippen LogP contribution in [0.1, 0.15) is 10.4 Å². The van der Waals surface area contributed by atoms with Crippen molar-refractivity contribution < 1.29 is 9.72 Å². The molecule has 2 N–H and O–H groups in total. The fourth-order valence-electron chi connectivity index (χ4n) is 1.74. The van der Waals surface area contributed by atoms with Gasteiger partial charge in [0.25, 0.3) is 5.69 Å². The number of aryl methyl sites for hydroxylation is 1. The number of benzene rings is 1. The third-order valence-corrected chi connectivity index (χ3v) is 3.88. The molecule has 8 heteroatoms. The van der Waals surface area contributed by atoms with Crippen molar-refractivity contribution in [2.45, 2.75) is 6.92 Å². The summed E-state index contributed by atoms with van der Waals surface area (Å²) in [7, 11) is 0. The molecule has 1 heterocycles. The number of nitro groups is 1. The summed E-state index contributed by atoms with van der Waals surface area (Å²) in [6.45, 7) is 1.65. The molecule has 0 aliphatic rings. The van der Waals surface area contributed by atoms with Gasteiger partial charge in [0.05, 0.1) is 4.92 Å². The molecule has 0 radical (unpaired) electrons. The highest BCUT2D eigenvalue weighted by atomic mass is 32.1. The van der Waals surface area contributed by atoms with E-state index in [4.69, 9.17) is 12.2 Å². The van der Waals surface area contributed by atoms with Crippen molar-refractivity contribution >= 4 is 52.0 Å². The summed E-state index contributed by atoms with van der Waals surface area (Å²) in [5.41, 5.74) is 0.978. The third kappa shape index (κ3) is 4.97. The lowest BCUT2D eigenvalue weighted by molar-refractivity contribution is -0.385. The maximum atomic E-state index is 11.7. The summed E-state index contributed by atoms with van der Waals surface area (Å²) in [5.74, 6) is -0.377. The van der Waals surface area contributed by atoms with E-state index in [1.807, 2.05) is 17.5 Å². The van der Waals surface area contributed by atoms with Crippen molar-refractivity contribution in [3.63, 3.8) is 0 Å². The second-order valence-corrected chi connectivity index (χ2v) is 5.94. The number of amides is 1. The topological polar surface area (TPSA) is 84.3 Å². The molecule has 118 valence electrons. The lowest BCUT2D eigenvalue weighted by Crippen LogP contribution is -2.32. The van der Waals surface area contributed by atoms with Gasteiger partial charge in [-0.05, 0) is 42.7 Å². The fraction of sp³-hybridized carbons (Fsp3) is 0.0667. The Kier molecular flexibility index (Phi) is 5.56. The predicted molar refractivity (Wildman–Crippen MR) is 95.5 cm³/mol. The zero-order chi connectivity index (χ0) is 16.8. The molecule has 0 unspecified atom stereocenters. The number of thiophene rings is 1. The van der Waals surface area contributed by atoms with Crippen LogP contribution >= 0.6 is 23.6 Å². The van der Waals surface area contributed by atoms with Crippen LogP contribution in [-0.4, -0.2) is 15.9 Å². The Balaban J connectivity index is 1.95. The molecule has 0 aliphatic carbocycles. The molecule has 23 heavy (non-hydrogen) atoms. The second-order valence-electron chi connectivity index (χ2n) is 4.55. The van der Waals surface area contributed by atoms with Gasteiger partial charge >= 0.3 is 0 Å². The number of hydrogen-bond donors (Lipinski definition) is 2. The first kappa shape index (κ1) is 16.8. The van der Waals surface area contributed by atoms with Crippen LogP contribution in [0, 0.1) is 17.0 Å². The number of anilines is 1. The van der Waals surface area contributed by atoms with E-state index in [0.29, 0.717) is 11.3 Å². The number of nitrogens with one attached hydrogen (secondary N) is 2. The number of hydrogen-bond acceptors (Lipinski definition) is 5.